The first-order chi connectivity index (χ1) is 25.1. The van der Waals surface area contributed by atoms with Crippen LogP contribution in [0.2, 0.25) is 0 Å². The lowest BCUT2D eigenvalue weighted by atomic mass is 9.98. The average Bonchev–Trinajstić information content (AvgIpc) is 3.09. The molecular formula is C36H61N11O6. The molecule has 1 aromatic rings. The highest BCUT2D eigenvalue weighted by atomic mass is 16.2. The molecule has 0 saturated carbocycles. The minimum Gasteiger partial charge on any atom is -0.370 e. The van der Waals surface area contributed by atoms with E-state index in [4.69, 9.17) is 22.9 Å². The van der Waals surface area contributed by atoms with Crippen LogP contribution >= 0.6 is 0 Å². The minimum absolute atomic E-state index is 0.0234. The fraction of sp³-hybridized carbons (Fsp3) is 0.639. The molecule has 14 N–H and O–H groups in total. The topological polar surface area (TPSA) is 291 Å². The number of nitrogens with zero attached hydrogens (tertiary/aromatic N) is 1. The maximum atomic E-state index is 13.9. The lowest BCUT2D eigenvalue weighted by Crippen LogP contribution is -2.61. The van der Waals surface area contributed by atoms with Crippen LogP contribution in [0.25, 0.3) is 0 Å². The molecule has 0 aromatic heterocycles. The molecule has 6 amide bonds. The molecule has 1 aliphatic heterocycles. The molecule has 6 atom stereocenters. The lowest BCUT2D eigenvalue weighted by molar-refractivity contribution is -0.135. The zero-order valence-corrected chi connectivity index (χ0v) is 31.5. The maximum absolute atomic E-state index is 13.9. The first-order valence-electron chi connectivity index (χ1n) is 18.5. The van der Waals surface area contributed by atoms with E-state index in [1.807, 2.05) is 33.8 Å². The van der Waals surface area contributed by atoms with E-state index in [1.54, 1.807) is 24.3 Å². The smallest absolute Gasteiger partial charge is 0.244 e. The van der Waals surface area contributed by atoms with E-state index < -0.39 is 71.7 Å². The molecule has 2 rings (SSSR count). The van der Waals surface area contributed by atoms with Crippen LogP contribution in [-0.4, -0.2) is 97.3 Å². The van der Waals surface area contributed by atoms with E-state index in [0.29, 0.717) is 19.3 Å². The summed E-state index contributed by atoms with van der Waals surface area (Å²) < 4.78 is 0. The van der Waals surface area contributed by atoms with Crippen LogP contribution in [0.15, 0.2) is 35.3 Å². The van der Waals surface area contributed by atoms with Crippen molar-refractivity contribution in [2.45, 2.75) is 115 Å². The van der Waals surface area contributed by atoms with Gasteiger partial charge < -0.3 is 54.8 Å². The van der Waals surface area contributed by atoms with Gasteiger partial charge in [0.25, 0.3) is 0 Å². The largest absolute Gasteiger partial charge is 0.370 e. The monoisotopic (exact) mass is 743 g/mol. The summed E-state index contributed by atoms with van der Waals surface area (Å²) in [6.07, 6.45) is 2.34. The molecule has 1 aliphatic rings. The van der Waals surface area contributed by atoms with E-state index in [9.17, 15) is 28.8 Å². The molecule has 1 saturated heterocycles. The third kappa shape index (κ3) is 16.6. The predicted molar refractivity (Wildman–Crippen MR) is 203 cm³/mol. The van der Waals surface area contributed by atoms with Gasteiger partial charge in [-0.2, -0.15) is 0 Å². The van der Waals surface area contributed by atoms with E-state index in [1.165, 1.54) is 0 Å². The zero-order valence-electron chi connectivity index (χ0n) is 31.5. The Morgan fingerprint density at radius 2 is 1.21 bits per heavy atom. The first-order valence-corrected chi connectivity index (χ1v) is 18.5. The number of hydrogen-bond donors (Lipinski definition) is 10. The van der Waals surface area contributed by atoms with E-state index in [-0.39, 0.29) is 69.5 Å². The summed E-state index contributed by atoms with van der Waals surface area (Å²) in [6.45, 7) is 7.78. The van der Waals surface area contributed by atoms with Gasteiger partial charge in [0.15, 0.2) is 5.96 Å². The molecule has 1 aromatic carbocycles. The zero-order chi connectivity index (χ0) is 39.5. The lowest BCUT2D eigenvalue weighted by Gasteiger charge is -2.28. The Hall–Kier alpha value is -4.77. The summed E-state index contributed by atoms with van der Waals surface area (Å²) in [6, 6.07) is 2.61. The molecule has 0 spiro atoms. The SMILES string of the molecule is CC(C)CC1NC(=O)[C@H](CC(C)C)NC(=O)C(Cc2ccccc2)NC(=O)[C@H](CN)NC(=O)[C@@H](N)CCCCNC(=O)C(CCCN=C(N)N)NC1=O. The van der Waals surface area contributed by atoms with Gasteiger partial charge in [-0.25, -0.2) is 0 Å². The summed E-state index contributed by atoms with van der Waals surface area (Å²) >= 11 is 0. The third-order valence-electron chi connectivity index (χ3n) is 8.62. The fourth-order valence-corrected chi connectivity index (χ4v) is 5.79. The second kappa shape index (κ2) is 23.0. The average molecular weight is 744 g/mol. The van der Waals surface area contributed by atoms with Gasteiger partial charge >= 0.3 is 0 Å². The Bertz CT molecular complexity index is 1390. The highest BCUT2D eigenvalue weighted by Crippen LogP contribution is 2.12. The number of nitrogens with one attached hydrogen (secondary N) is 6. The number of hydrogen-bond acceptors (Lipinski definition) is 9. The van der Waals surface area contributed by atoms with Crippen LogP contribution in [0.3, 0.4) is 0 Å². The van der Waals surface area contributed by atoms with Crippen LogP contribution < -0.4 is 54.8 Å². The summed E-state index contributed by atoms with van der Waals surface area (Å²) in [7, 11) is 0. The van der Waals surface area contributed by atoms with Gasteiger partial charge in [-0.3, -0.25) is 33.8 Å². The third-order valence-corrected chi connectivity index (χ3v) is 8.62. The molecular weight excluding hydrogens is 682 g/mol. The standard InChI is InChI=1S/C36H61N11O6/c1-21(2)17-26-32(50)43-25(14-10-16-42-36(39)40)31(49)41-15-9-8-13-24(38)30(48)47-29(20-37)35(53)46-28(19-23-11-6-5-7-12-23)34(52)45-27(18-22(3)4)33(51)44-26/h5-7,11-12,21-22,24-29H,8-10,13-20,37-38H2,1-4H3,(H,41,49)(H,43,50)(H,44,51)(H,45,52)(H,46,53)(H,47,48)(H4,39,40,42)/t24-,25?,26?,27-,28?,29-/m0/s1. The van der Waals surface area contributed by atoms with Crippen molar-refractivity contribution in [2.75, 3.05) is 19.6 Å². The summed E-state index contributed by atoms with van der Waals surface area (Å²) in [5.74, 6) is -3.71. The van der Waals surface area contributed by atoms with E-state index in [0.717, 1.165) is 5.56 Å². The van der Waals surface area contributed by atoms with Crippen molar-refractivity contribution in [3.05, 3.63) is 35.9 Å². The van der Waals surface area contributed by atoms with Gasteiger partial charge in [0.05, 0.1) is 6.04 Å². The van der Waals surface area contributed by atoms with Crippen molar-refractivity contribution >= 4 is 41.4 Å². The van der Waals surface area contributed by atoms with Crippen LogP contribution in [0.1, 0.15) is 78.2 Å². The maximum Gasteiger partial charge on any atom is 0.244 e. The number of aliphatic imine (C=N–C) groups is 1. The van der Waals surface area contributed by atoms with Gasteiger partial charge in [-0.15, -0.1) is 0 Å². The van der Waals surface area contributed by atoms with E-state index >= 15 is 0 Å². The van der Waals surface area contributed by atoms with Crippen LogP contribution in [-0.2, 0) is 35.2 Å². The molecule has 1 fully saturated rings. The predicted octanol–water partition coefficient (Wildman–Crippen LogP) is -1.62. The van der Waals surface area contributed by atoms with Crippen molar-refractivity contribution in [1.82, 2.24) is 31.9 Å². The molecule has 1 heterocycles. The van der Waals surface area contributed by atoms with Crippen molar-refractivity contribution in [1.29, 1.82) is 0 Å². The fourth-order valence-electron chi connectivity index (χ4n) is 5.79. The Labute approximate surface area is 312 Å². The van der Waals surface area contributed by atoms with Gasteiger partial charge in [-0.05, 0) is 62.3 Å². The number of carbonyl (C=O) groups is 6. The quantitative estimate of drug-likeness (QED) is 0.0703. The number of rotatable bonds is 11. The Kier molecular flexibility index (Phi) is 19.3. The second-order valence-electron chi connectivity index (χ2n) is 14.3. The summed E-state index contributed by atoms with van der Waals surface area (Å²) in [5.41, 5.74) is 23.6. The molecule has 296 valence electrons. The Morgan fingerprint density at radius 1 is 0.698 bits per heavy atom. The minimum atomic E-state index is -1.19. The Morgan fingerprint density at radius 3 is 1.75 bits per heavy atom. The van der Waals surface area contributed by atoms with Crippen molar-refractivity contribution in [3.63, 3.8) is 0 Å². The van der Waals surface area contributed by atoms with Crippen LogP contribution in [0.5, 0.6) is 0 Å². The molecule has 17 heteroatoms. The first kappa shape index (κ1) is 44.4. The van der Waals surface area contributed by atoms with Crippen molar-refractivity contribution < 1.29 is 28.8 Å². The van der Waals surface area contributed by atoms with Gasteiger partial charge in [0.2, 0.25) is 35.4 Å². The molecule has 17 nitrogen and oxygen atoms in total. The number of nitrogens with two attached hydrogens (primary N) is 4. The number of carbonyl (C=O) groups excluding carboxylic acids is 6. The summed E-state index contributed by atoms with van der Waals surface area (Å²) in [4.78, 5) is 85.3. The van der Waals surface area contributed by atoms with Crippen molar-refractivity contribution in [2.24, 2.45) is 39.8 Å². The second-order valence-corrected chi connectivity index (χ2v) is 14.3. The molecule has 3 unspecified atom stereocenters. The number of amides is 6. The number of guanidine groups is 1. The molecule has 0 aliphatic carbocycles. The van der Waals surface area contributed by atoms with Gasteiger partial charge in [0, 0.05) is 26.1 Å². The molecule has 0 radical (unpaired) electrons. The normalized spacial score (nSPS) is 24.8. The van der Waals surface area contributed by atoms with Crippen molar-refractivity contribution in [3.8, 4) is 0 Å². The Balaban J connectivity index is 2.50. The number of benzene rings is 1. The highest BCUT2D eigenvalue weighted by molar-refractivity contribution is 5.96. The molecule has 53 heavy (non-hydrogen) atoms. The summed E-state index contributed by atoms with van der Waals surface area (Å²) in [5, 5.41) is 16.5. The van der Waals surface area contributed by atoms with E-state index in [2.05, 4.69) is 36.9 Å². The van der Waals surface area contributed by atoms with Crippen LogP contribution in [0.4, 0.5) is 0 Å². The van der Waals surface area contributed by atoms with Gasteiger partial charge in [-0.1, -0.05) is 58.0 Å². The van der Waals surface area contributed by atoms with Crippen LogP contribution in [0, 0.1) is 11.8 Å². The van der Waals surface area contributed by atoms with Gasteiger partial charge in [0.1, 0.15) is 30.2 Å². The molecule has 0 bridgehead atoms. The highest BCUT2D eigenvalue weighted by Gasteiger charge is 2.33.